The van der Waals surface area contributed by atoms with Crippen molar-refractivity contribution in [3.63, 3.8) is 0 Å². The molecule has 0 spiro atoms. The van der Waals surface area contributed by atoms with Crippen LogP contribution in [0.4, 0.5) is 11.6 Å². The Kier molecular flexibility index (Phi) is 4.98. The molecule has 7 nitrogen and oxygen atoms in total. The van der Waals surface area contributed by atoms with Gasteiger partial charge in [0.1, 0.15) is 11.9 Å². The van der Waals surface area contributed by atoms with E-state index in [9.17, 15) is 5.11 Å². The fourth-order valence-corrected chi connectivity index (χ4v) is 6.20. The molecule has 0 amide bonds. The lowest BCUT2D eigenvalue weighted by molar-refractivity contribution is -0.0945. The van der Waals surface area contributed by atoms with Gasteiger partial charge in [-0.2, -0.15) is 4.98 Å². The first kappa shape index (κ1) is 21.1. The number of hydrogen-bond acceptors (Lipinski definition) is 6. The molecule has 2 aromatic heterocycles. The van der Waals surface area contributed by atoms with Crippen molar-refractivity contribution in [2.45, 2.75) is 56.7 Å². The molecule has 3 N–H and O–H groups in total. The van der Waals surface area contributed by atoms with Crippen LogP contribution in [-0.4, -0.2) is 51.7 Å². The first-order valence-electron chi connectivity index (χ1n) is 12.3. The lowest BCUT2D eigenvalue weighted by Gasteiger charge is -2.63. The Hall–Kier alpha value is -2.48. The minimum absolute atomic E-state index is 0.122. The predicted molar refractivity (Wildman–Crippen MR) is 131 cm³/mol. The highest BCUT2D eigenvalue weighted by atomic mass is 16.3. The van der Waals surface area contributed by atoms with Crippen molar-refractivity contribution in [3.8, 4) is 0 Å². The normalized spacial score (nSPS) is 25.7. The number of rotatable bonds is 6. The van der Waals surface area contributed by atoms with Crippen molar-refractivity contribution in [1.29, 1.82) is 0 Å². The van der Waals surface area contributed by atoms with Gasteiger partial charge < -0.3 is 20.3 Å². The molecule has 1 unspecified atom stereocenters. The molecule has 4 fully saturated rings. The van der Waals surface area contributed by atoms with E-state index < -0.39 is 6.23 Å². The van der Waals surface area contributed by atoms with Gasteiger partial charge in [0.25, 0.3) is 0 Å². The number of hydrogen-bond donors (Lipinski definition) is 3. The Morgan fingerprint density at radius 2 is 1.94 bits per heavy atom. The molecule has 7 heteroatoms. The van der Waals surface area contributed by atoms with Crippen molar-refractivity contribution in [1.82, 2.24) is 24.8 Å². The predicted octanol–water partition coefficient (Wildman–Crippen LogP) is 4.01. The second kappa shape index (κ2) is 7.79. The Morgan fingerprint density at radius 3 is 2.58 bits per heavy atom. The third-order valence-corrected chi connectivity index (χ3v) is 8.11. The smallest absolute Gasteiger partial charge is 0.229 e. The number of piperidine rings is 1. The van der Waals surface area contributed by atoms with Crippen LogP contribution >= 0.6 is 0 Å². The second-order valence-electron chi connectivity index (χ2n) is 10.6. The van der Waals surface area contributed by atoms with Crippen LogP contribution in [0.1, 0.15) is 61.1 Å². The van der Waals surface area contributed by atoms with Crippen LogP contribution in [-0.2, 0) is 5.54 Å². The summed E-state index contributed by atoms with van der Waals surface area (Å²) in [5.74, 6) is 2.09. The maximum Gasteiger partial charge on any atom is 0.229 e. The minimum Gasteiger partial charge on any atom is -0.373 e. The van der Waals surface area contributed by atoms with Crippen LogP contribution in [0.2, 0.25) is 0 Å². The van der Waals surface area contributed by atoms with Crippen LogP contribution < -0.4 is 10.6 Å². The van der Waals surface area contributed by atoms with Gasteiger partial charge in [-0.15, -0.1) is 0 Å². The van der Waals surface area contributed by atoms with Crippen LogP contribution in [0.25, 0.3) is 11.0 Å². The summed E-state index contributed by atoms with van der Waals surface area (Å²) in [5, 5.41) is 18.8. The summed E-state index contributed by atoms with van der Waals surface area (Å²) in [5.41, 5.74) is 5.75. The molecule has 7 rings (SSSR count). The third-order valence-electron chi connectivity index (χ3n) is 8.11. The molecule has 2 bridgehead atoms. The monoisotopic (exact) mass is 446 g/mol. The van der Waals surface area contributed by atoms with E-state index in [2.05, 4.69) is 51.4 Å². The molecular formula is C26H34N6O. The van der Waals surface area contributed by atoms with Crippen LogP contribution in [0.3, 0.4) is 0 Å². The van der Waals surface area contributed by atoms with Gasteiger partial charge in [-0.3, -0.25) is 4.90 Å². The average Bonchev–Trinajstić information content (AvgIpc) is 3.10. The van der Waals surface area contributed by atoms with Crippen molar-refractivity contribution >= 4 is 22.7 Å². The Labute approximate surface area is 195 Å². The van der Waals surface area contributed by atoms with Crippen LogP contribution in [0, 0.1) is 12.8 Å². The third kappa shape index (κ3) is 3.45. The fourth-order valence-electron chi connectivity index (χ4n) is 6.20. The van der Waals surface area contributed by atoms with Crippen molar-refractivity contribution in [3.05, 3.63) is 47.3 Å². The number of benzene rings is 1. The fraction of sp³-hybridized carbons (Fsp3) is 0.538. The minimum atomic E-state index is -0.658. The maximum atomic E-state index is 10.9. The summed E-state index contributed by atoms with van der Waals surface area (Å²) in [6, 6.07) is 8.69. The van der Waals surface area contributed by atoms with E-state index in [0.717, 1.165) is 41.4 Å². The molecular weight excluding hydrogens is 412 g/mol. The van der Waals surface area contributed by atoms with Gasteiger partial charge in [0.2, 0.25) is 5.95 Å². The highest BCUT2D eigenvalue weighted by Crippen LogP contribution is 2.63. The molecule has 3 saturated carbocycles. The molecule has 33 heavy (non-hydrogen) atoms. The maximum absolute atomic E-state index is 10.9. The Bertz CT molecular complexity index is 1180. The van der Waals surface area contributed by atoms with E-state index in [4.69, 9.17) is 4.98 Å². The summed E-state index contributed by atoms with van der Waals surface area (Å²) < 4.78 is 2.31. The number of nitrogens with one attached hydrogen (secondary N) is 2. The standard InChI is InChI=1S/C26H34N6O/c1-16-10-20(4-5-21(16)18-6-8-27-9-7-18)29-25-28-15-19-11-22(24(33)31(2)3)32(23(19)30-25)26-12-17(13-26)14-26/h4-5,10-11,15,17-18,24,27,33H,6-9,12-14H2,1-3H3,(H,28,29,30). The van der Waals surface area contributed by atoms with Crippen molar-refractivity contribution in [2.75, 3.05) is 32.5 Å². The second-order valence-corrected chi connectivity index (χ2v) is 10.6. The molecule has 4 aliphatic rings. The summed E-state index contributed by atoms with van der Waals surface area (Å²) in [6.07, 6.45) is 7.20. The van der Waals surface area contributed by atoms with E-state index in [1.165, 1.54) is 43.2 Å². The summed E-state index contributed by atoms with van der Waals surface area (Å²) in [7, 11) is 3.81. The van der Waals surface area contributed by atoms with Gasteiger partial charge in [-0.25, -0.2) is 4.98 Å². The van der Waals surface area contributed by atoms with Crippen LogP contribution in [0.15, 0.2) is 30.5 Å². The van der Waals surface area contributed by atoms with Crippen LogP contribution in [0.5, 0.6) is 0 Å². The zero-order chi connectivity index (χ0) is 22.7. The highest BCUT2D eigenvalue weighted by molar-refractivity contribution is 5.79. The van der Waals surface area contributed by atoms with Gasteiger partial charge in [0.15, 0.2) is 0 Å². The van der Waals surface area contributed by atoms with Gasteiger partial charge in [-0.1, -0.05) is 6.07 Å². The molecule has 3 aromatic rings. The van der Waals surface area contributed by atoms with Gasteiger partial charge >= 0.3 is 0 Å². The van der Waals surface area contributed by atoms with Gasteiger partial charge in [-0.05, 0) is 107 Å². The molecule has 3 aliphatic carbocycles. The Balaban J connectivity index is 1.32. The van der Waals surface area contributed by atoms with E-state index >= 15 is 0 Å². The zero-order valence-corrected chi connectivity index (χ0v) is 19.8. The molecule has 174 valence electrons. The van der Waals surface area contributed by atoms with Crippen molar-refractivity contribution < 1.29 is 5.11 Å². The number of nitrogens with zero attached hydrogens (tertiary/aromatic N) is 4. The number of aliphatic hydroxyl groups is 1. The molecule has 3 heterocycles. The molecule has 1 saturated heterocycles. The lowest BCUT2D eigenvalue weighted by atomic mass is 9.49. The summed E-state index contributed by atoms with van der Waals surface area (Å²) in [4.78, 5) is 11.4. The largest absolute Gasteiger partial charge is 0.373 e. The Morgan fingerprint density at radius 1 is 1.18 bits per heavy atom. The summed E-state index contributed by atoms with van der Waals surface area (Å²) >= 11 is 0. The van der Waals surface area contributed by atoms with E-state index in [-0.39, 0.29) is 5.54 Å². The van der Waals surface area contributed by atoms with E-state index in [1.54, 1.807) is 0 Å². The van der Waals surface area contributed by atoms with Crippen molar-refractivity contribution in [2.24, 2.45) is 5.92 Å². The number of aromatic nitrogens is 3. The molecule has 1 atom stereocenters. The SMILES string of the molecule is Cc1cc(Nc2ncc3cc(C(O)N(C)C)n(C45CC(C4)C5)c3n2)ccc1C1CCNCC1. The number of aliphatic hydroxyl groups excluding tert-OH is 1. The first-order valence-corrected chi connectivity index (χ1v) is 12.3. The number of fused-ring (bicyclic) bond motifs is 1. The van der Waals surface area contributed by atoms with E-state index in [0.29, 0.717) is 11.9 Å². The zero-order valence-electron chi connectivity index (χ0n) is 19.8. The van der Waals surface area contributed by atoms with Gasteiger partial charge in [0, 0.05) is 22.8 Å². The van der Waals surface area contributed by atoms with E-state index in [1.807, 2.05) is 25.2 Å². The lowest BCUT2D eigenvalue weighted by Crippen LogP contribution is -2.60. The summed E-state index contributed by atoms with van der Waals surface area (Å²) in [6.45, 7) is 4.41. The topological polar surface area (TPSA) is 78.2 Å². The number of anilines is 2. The highest BCUT2D eigenvalue weighted by Gasteiger charge is 2.59. The number of aryl methyl sites for hydroxylation is 1. The average molecular weight is 447 g/mol. The first-order chi connectivity index (χ1) is 15.9. The molecule has 0 radical (unpaired) electrons. The quantitative estimate of drug-likeness (QED) is 0.497. The molecule has 1 aromatic carbocycles. The van der Waals surface area contributed by atoms with Gasteiger partial charge in [0.05, 0.1) is 5.69 Å². The molecule has 1 aliphatic heterocycles.